The summed E-state index contributed by atoms with van der Waals surface area (Å²) in [5.41, 5.74) is 0.465. The smallest absolute Gasteiger partial charge is 0.222 e. The highest BCUT2D eigenvalue weighted by Crippen LogP contribution is 2.16. The number of hydrogen-bond donors (Lipinski definition) is 2. The molecule has 2 N–H and O–H groups in total. The van der Waals surface area contributed by atoms with E-state index in [1.807, 2.05) is 0 Å². The Balaban J connectivity index is 2.39. The Bertz CT molecular complexity index is 574. The summed E-state index contributed by atoms with van der Waals surface area (Å²) in [6, 6.07) is 7.00. The molecule has 6 nitrogen and oxygen atoms in total. The zero-order valence-corrected chi connectivity index (χ0v) is 10.0. The molecule has 0 saturated heterocycles. The molecule has 0 aliphatic carbocycles. The van der Waals surface area contributed by atoms with Gasteiger partial charge in [-0.1, -0.05) is 0 Å². The van der Waals surface area contributed by atoms with Crippen LogP contribution in [0.25, 0.3) is 11.0 Å². The predicted molar refractivity (Wildman–Crippen MR) is 68.1 cm³/mol. The Kier molecular flexibility index (Phi) is 3.18. The highest BCUT2D eigenvalue weighted by Gasteiger charge is 2.03. The Hall–Kier alpha value is -2.50. The summed E-state index contributed by atoms with van der Waals surface area (Å²) in [6.07, 6.45) is 0. The third kappa shape index (κ3) is 2.79. The van der Waals surface area contributed by atoms with E-state index in [9.17, 15) is 9.59 Å². The number of rotatable bonds is 2. The first-order chi connectivity index (χ1) is 8.54. The fourth-order valence-electron chi connectivity index (χ4n) is 1.50. The van der Waals surface area contributed by atoms with E-state index < -0.39 is 0 Å². The van der Waals surface area contributed by atoms with Gasteiger partial charge in [0.2, 0.25) is 11.8 Å². The lowest BCUT2D eigenvalue weighted by atomic mass is 10.3. The van der Waals surface area contributed by atoms with E-state index in [0.29, 0.717) is 17.3 Å². The van der Waals surface area contributed by atoms with Crippen LogP contribution in [0.2, 0.25) is 0 Å². The first-order valence-electron chi connectivity index (χ1n) is 5.37. The van der Waals surface area contributed by atoms with E-state index >= 15 is 0 Å². The van der Waals surface area contributed by atoms with E-state index in [0.717, 1.165) is 5.39 Å². The maximum absolute atomic E-state index is 10.9. The zero-order chi connectivity index (χ0) is 13.1. The summed E-state index contributed by atoms with van der Waals surface area (Å²) in [6.45, 7) is 2.82. The number of fused-ring (bicyclic) bond motifs is 1. The molecule has 2 rings (SSSR count). The van der Waals surface area contributed by atoms with Gasteiger partial charge in [-0.25, -0.2) is 9.97 Å². The van der Waals surface area contributed by atoms with Crippen LogP contribution >= 0.6 is 0 Å². The van der Waals surface area contributed by atoms with Crippen molar-refractivity contribution in [2.45, 2.75) is 13.8 Å². The number of carbonyl (C=O) groups is 2. The lowest BCUT2D eigenvalue weighted by Crippen LogP contribution is -2.09. The summed E-state index contributed by atoms with van der Waals surface area (Å²) in [5, 5.41) is 5.99. The molecule has 2 aromatic heterocycles. The topological polar surface area (TPSA) is 84.0 Å². The van der Waals surface area contributed by atoms with Crippen LogP contribution in [-0.2, 0) is 9.59 Å². The summed E-state index contributed by atoms with van der Waals surface area (Å²) in [5.74, 6) is 0.477. The second-order valence-corrected chi connectivity index (χ2v) is 3.80. The lowest BCUT2D eigenvalue weighted by molar-refractivity contribution is -0.115. The van der Waals surface area contributed by atoms with Crippen LogP contribution in [0.4, 0.5) is 11.6 Å². The van der Waals surface area contributed by atoms with Crippen LogP contribution < -0.4 is 10.6 Å². The van der Waals surface area contributed by atoms with Gasteiger partial charge in [0.1, 0.15) is 11.6 Å². The molecule has 2 heterocycles. The highest BCUT2D eigenvalue weighted by atomic mass is 16.2. The number of pyridine rings is 2. The number of nitrogens with zero attached hydrogens (tertiary/aromatic N) is 2. The van der Waals surface area contributed by atoms with E-state index in [-0.39, 0.29) is 11.8 Å². The number of hydrogen-bond acceptors (Lipinski definition) is 4. The molecule has 0 aliphatic heterocycles. The minimum atomic E-state index is -0.195. The molecule has 2 amide bonds. The van der Waals surface area contributed by atoms with Gasteiger partial charge in [-0.05, 0) is 24.3 Å². The molecule has 0 atom stereocenters. The highest BCUT2D eigenvalue weighted by molar-refractivity contribution is 5.91. The van der Waals surface area contributed by atoms with Crippen LogP contribution in [0, 0.1) is 0 Å². The molecular formula is C12H12N4O2. The summed E-state index contributed by atoms with van der Waals surface area (Å²) >= 11 is 0. The molecule has 0 saturated carbocycles. The number of amides is 2. The first-order valence-corrected chi connectivity index (χ1v) is 5.37. The zero-order valence-electron chi connectivity index (χ0n) is 10.0. The third-order valence-electron chi connectivity index (χ3n) is 2.16. The average molecular weight is 244 g/mol. The normalized spacial score (nSPS) is 10.1. The molecule has 0 fully saturated rings. The maximum atomic E-state index is 10.9. The van der Waals surface area contributed by atoms with Gasteiger partial charge in [0.25, 0.3) is 0 Å². The Morgan fingerprint density at radius 2 is 1.33 bits per heavy atom. The van der Waals surface area contributed by atoms with Crippen molar-refractivity contribution in [3.8, 4) is 0 Å². The van der Waals surface area contributed by atoms with Crippen molar-refractivity contribution in [1.29, 1.82) is 0 Å². The third-order valence-corrected chi connectivity index (χ3v) is 2.16. The monoisotopic (exact) mass is 244 g/mol. The second kappa shape index (κ2) is 4.79. The van der Waals surface area contributed by atoms with Crippen molar-refractivity contribution in [3.05, 3.63) is 24.3 Å². The van der Waals surface area contributed by atoms with Gasteiger partial charge in [-0.3, -0.25) is 9.59 Å². The molecule has 18 heavy (non-hydrogen) atoms. The van der Waals surface area contributed by atoms with E-state index in [4.69, 9.17) is 0 Å². The summed E-state index contributed by atoms with van der Waals surface area (Å²) in [4.78, 5) is 30.2. The van der Waals surface area contributed by atoms with Gasteiger partial charge >= 0.3 is 0 Å². The van der Waals surface area contributed by atoms with E-state index in [1.165, 1.54) is 13.8 Å². The molecule has 2 aromatic rings. The minimum Gasteiger partial charge on any atom is -0.311 e. The Morgan fingerprint density at radius 3 is 1.72 bits per heavy atom. The number of aromatic nitrogens is 2. The van der Waals surface area contributed by atoms with Crippen molar-refractivity contribution in [3.63, 3.8) is 0 Å². The molecule has 0 bridgehead atoms. The van der Waals surface area contributed by atoms with Crippen molar-refractivity contribution >= 4 is 34.5 Å². The molecule has 0 radical (unpaired) electrons. The van der Waals surface area contributed by atoms with Crippen LogP contribution in [0.5, 0.6) is 0 Å². The Labute approximate surface area is 103 Å². The standard InChI is InChI=1S/C12H12N4O2/c1-7(17)13-10-5-3-9-4-6-11(14-8(2)18)16-12(9)15-10/h3-6H,1-2H3,(H2,13,14,15,16,17,18). The van der Waals surface area contributed by atoms with Crippen molar-refractivity contribution in [2.75, 3.05) is 10.6 Å². The van der Waals surface area contributed by atoms with Gasteiger partial charge in [0.15, 0.2) is 5.65 Å². The SMILES string of the molecule is CC(=O)Nc1ccc2ccc(NC(C)=O)nc2n1. The number of nitrogens with one attached hydrogen (secondary N) is 2. The van der Waals surface area contributed by atoms with Gasteiger partial charge < -0.3 is 10.6 Å². The average Bonchev–Trinajstić information content (AvgIpc) is 2.26. The van der Waals surface area contributed by atoms with E-state index in [1.54, 1.807) is 24.3 Å². The van der Waals surface area contributed by atoms with Crippen molar-refractivity contribution < 1.29 is 9.59 Å². The molecular weight excluding hydrogens is 232 g/mol. The Morgan fingerprint density at radius 1 is 0.889 bits per heavy atom. The van der Waals surface area contributed by atoms with Crippen molar-refractivity contribution in [1.82, 2.24) is 9.97 Å². The predicted octanol–water partition coefficient (Wildman–Crippen LogP) is 1.55. The second-order valence-electron chi connectivity index (χ2n) is 3.80. The van der Waals surface area contributed by atoms with Gasteiger partial charge in [0.05, 0.1) is 0 Å². The lowest BCUT2D eigenvalue weighted by Gasteiger charge is -2.05. The van der Waals surface area contributed by atoms with Gasteiger partial charge in [-0.15, -0.1) is 0 Å². The quantitative estimate of drug-likeness (QED) is 0.839. The van der Waals surface area contributed by atoms with Crippen LogP contribution in [0.1, 0.15) is 13.8 Å². The molecule has 0 spiro atoms. The molecule has 0 aliphatic rings. The number of anilines is 2. The molecule has 6 heteroatoms. The number of carbonyl (C=O) groups excluding carboxylic acids is 2. The van der Waals surface area contributed by atoms with Crippen LogP contribution in [0.3, 0.4) is 0 Å². The minimum absolute atomic E-state index is 0.195. The van der Waals surface area contributed by atoms with Gasteiger partial charge in [-0.2, -0.15) is 0 Å². The largest absolute Gasteiger partial charge is 0.311 e. The van der Waals surface area contributed by atoms with Crippen LogP contribution in [-0.4, -0.2) is 21.8 Å². The fourth-order valence-corrected chi connectivity index (χ4v) is 1.50. The van der Waals surface area contributed by atoms with E-state index in [2.05, 4.69) is 20.6 Å². The van der Waals surface area contributed by atoms with Gasteiger partial charge in [0, 0.05) is 19.2 Å². The maximum Gasteiger partial charge on any atom is 0.222 e. The molecule has 0 aromatic carbocycles. The van der Waals surface area contributed by atoms with Crippen molar-refractivity contribution in [2.24, 2.45) is 0 Å². The summed E-state index contributed by atoms with van der Waals surface area (Å²) in [7, 11) is 0. The first kappa shape index (κ1) is 12.0. The van der Waals surface area contributed by atoms with Crippen LogP contribution in [0.15, 0.2) is 24.3 Å². The molecule has 92 valence electrons. The molecule has 0 unspecified atom stereocenters. The summed E-state index contributed by atoms with van der Waals surface area (Å²) < 4.78 is 0. The fraction of sp³-hybridized carbons (Fsp3) is 0.167.